The van der Waals surface area contributed by atoms with Crippen molar-refractivity contribution in [2.45, 2.75) is 38.8 Å². The molecule has 2 aliphatic rings. The van der Waals surface area contributed by atoms with Crippen molar-refractivity contribution in [1.29, 1.82) is 0 Å². The minimum atomic E-state index is 0.528. The van der Waals surface area contributed by atoms with Gasteiger partial charge in [0, 0.05) is 66.6 Å². The Kier molecular flexibility index (Phi) is 5.16. The van der Waals surface area contributed by atoms with Crippen molar-refractivity contribution < 1.29 is 4.74 Å². The number of hydrogen-bond donors (Lipinski definition) is 2. The van der Waals surface area contributed by atoms with E-state index in [2.05, 4.69) is 34.8 Å². The van der Waals surface area contributed by atoms with Gasteiger partial charge in [0.15, 0.2) is 0 Å². The molecule has 8 heteroatoms. The molecule has 0 atom stereocenters. The summed E-state index contributed by atoms with van der Waals surface area (Å²) in [6.45, 7) is 5.35. The first-order valence-electron chi connectivity index (χ1n) is 11.6. The standard InChI is InChI=1S/C25H28N6OS/c1-14-18(12-29-31(14)3)16-4-5-17-20(11-28-24-22(17)19(16)10-27-24)25-30-21(13-26-2)23(33-25)15-6-8-32-9-7-15/h4-5,11-12,15,26H,6-10,13H2,1-3H3,(H,27,28). The number of hydrogen-bond acceptors (Lipinski definition) is 7. The maximum atomic E-state index is 5.61. The number of ether oxygens (including phenoxy) is 1. The molecule has 33 heavy (non-hydrogen) atoms. The smallest absolute Gasteiger partial charge is 0.134 e. The predicted octanol–water partition coefficient (Wildman–Crippen LogP) is 4.61. The van der Waals surface area contributed by atoms with Crippen LogP contribution in [0.15, 0.2) is 24.5 Å². The summed E-state index contributed by atoms with van der Waals surface area (Å²) in [6, 6.07) is 4.48. The molecular formula is C25H28N6OS. The van der Waals surface area contributed by atoms with Crippen molar-refractivity contribution in [3.63, 3.8) is 0 Å². The normalized spacial score (nSPS) is 16.0. The van der Waals surface area contributed by atoms with E-state index in [1.165, 1.54) is 38.0 Å². The summed E-state index contributed by atoms with van der Waals surface area (Å²) >= 11 is 1.83. The van der Waals surface area contributed by atoms with Crippen molar-refractivity contribution in [2.75, 3.05) is 25.6 Å². The van der Waals surface area contributed by atoms with E-state index in [1.807, 2.05) is 42.5 Å². The lowest BCUT2D eigenvalue weighted by Gasteiger charge is -2.21. The van der Waals surface area contributed by atoms with E-state index in [4.69, 9.17) is 14.7 Å². The Hall–Kier alpha value is -2.81. The zero-order valence-corrected chi connectivity index (χ0v) is 20.1. The number of benzene rings is 1. The summed E-state index contributed by atoms with van der Waals surface area (Å²) in [6.07, 6.45) is 6.09. The van der Waals surface area contributed by atoms with Crippen LogP contribution in [0.5, 0.6) is 0 Å². The van der Waals surface area contributed by atoms with Crippen LogP contribution >= 0.6 is 11.3 Å². The Morgan fingerprint density at radius 1 is 1.18 bits per heavy atom. The molecule has 0 unspecified atom stereocenters. The molecule has 0 radical (unpaired) electrons. The Morgan fingerprint density at radius 3 is 2.79 bits per heavy atom. The van der Waals surface area contributed by atoms with E-state index in [-0.39, 0.29) is 0 Å². The molecule has 6 rings (SSSR count). The Labute approximate surface area is 197 Å². The van der Waals surface area contributed by atoms with E-state index >= 15 is 0 Å². The minimum Gasteiger partial charge on any atom is -0.381 e. The Balaban J connectivity index is 1.50. The van der Waals surface area contributed by atoms with Crippen LogP contribution in [-0.4, -0.2) is 40.0 Å². The van der Waals surface area contributed by atoms with Gasteiger partial charge >= 0.3 is 0 Å². The number of aryl methyl sites for hydroxylation is 1. The second-order valence-corrected chi connectivity index (χ2v) is 9.93. The lowest BCUT2D eigenvalue weighted by molar-refractivity contribution is 0.0858. The van der Waals surface area contributed by atoms with Gasteiger partial charge in [0.1, 0.15) is 10.8 Å². The zero-order valence-electron chi connectivity index (χ0n) is 19.2. The van der Waals surface area contributed by atoms with Gasteiger partial charge < -0.3 is 15.4 Å². The fraction of sp³-hybridized carbons (Fsp3) is 0.400. The number of pyridine rings is 1. The van der Waals surface area contributed by atoms with Crippen molar-refractivity contribution in [3.05, 3.63) is 46.4 Å². The van der Waals surface area contributed by atoms with Crippen LogP contribution in [0.1, 0.15) is 40.6 Å². The third kappa shape index (κ3) is 3.36. The Bertz CT molecular complexity index is 1350. The molecule has 4 aromatic rings. The molecule has 2 N–H and O–H groups in total. The topological polar surface area (TPSA) is 76.9 Å². The van der Waals surface area contributed by atoms with Gasteiger partial charge in [-0.1, -0.05) is 12.1 Å². The second-order valence-electron chi connectivity index (χ2n) is 8.90. The first-order valence-corrected chi connectivity index (χ1v) is 12.4. The van der Waals surface area contributed by atoms with E-state index < -0.39 is 0 Å². The van der Waals surface area contributed by atoms with Gasteiger partial charge in [-0.15, -0.1) is 11.3 Å². The second kappa shape index (κ2) is 8.20. The van der Waals surface area contributed by atoms with Crippen molar-refractivity contribution >= 4 is 27.9 Å². The van der Waals surface area contributed by atoms with Crippen LogP contribution in [0, 0.1) is 6.92 Å². The summed E-state index contributed by atoms with van der Waals surface area (Å²) in [5.74, 6) is 1.49. The van der Waals surface area contributed by atoms with Gasteiger partial charge in [-0.25, -0.2) is 9.97 Å². The average molecular weight is 461 g/mol. The third-order valence-electron chi connectivity index (χ3n) is 7.01. The molecule has 1 fully saturated rings. The van der Waals surface area contributed by atoms with E-state index in [0.717, 1.165) is 61.2 Å². The van der Waals surface area contributed by atoms with Gasteiger partial charge in [-0.2, -0.15) is 5.10 Å². The van der Waals surface area contributed by atoms with E-state index in [9.17, 15) is 0 Å². The molecule has 170 valence electrons. The van der Waals surface area contributed by atoms with Crippen LogP contribution in [0.2, 0.25) is 0 Å². The molecular weight excluding hydrogens is 432 g/mol. The quantitative estimate of drug-likeness (QED) is 0.453. The number of nitrogens with zero attached hydrogens (tertiary/aromatic N) is 4. The number of nitrogens with one attached hydrogen (secondary N) is 2. The fourth-order valence-electron chi connectivity index (χ4n) is 5.13. The lowest BCUT2D eigenvalue weighted by atomic mass is 9.95. The maximum absolute atomic E-state index is 5.61. The molecule has 0 spiro atoms. The van der Waals surface area contributed by atoms with Crippen LogP contribution in [0.25, 0.3) is 32.5 Å². The van der Waals surface area contributed by atoms with Gasteiger partial charge in [0.05, 0.1) is 11.9 Å². The highest BCUT2D eigenvalue weighted by Crippen LogP contribution is 2.44. The SMILES string of the molecule is CNCc1nc(-c2cnc3c4c(c(-c5cnn(C)c5C)ccc24)CN3)sc1C1CCOCC1. The summed E-state index contributed by atoms with van der Waals surface area (Å²) in [7, 11) is 3.98. The highest BCUT2D eigenvalue weighted by atomic mass is 32.1. The summed E-state index contributed by atoms with van der Waals surface area (Å²) in [4.78, 5) is 11.3. The van der Waals surface area contributed by atoms with Crippen LogP contribution < -0.4 is 10.6 Å². The van der Waals surface area contributed by atoms with Gasteiger partial charge in [0.25, 0.3) is 0 Å². The molecule has 5 heterocycles. The summed E-state index contributed by atoms with van der Waals surface area (Å²) in [5, 5.41) is 14.8. The van der Waals surface area contributed by atoms with Crippen LogP contribution in [0.3, 0.4) is 0 Å². The van der Waals surface area contributed by atoms with Gasteiger partial charge in [0.2, 0.25) is 0 Å². The fourth-order valence-corrected chi connectivity index (χ4v) is 6.41. The van der Waals surface area contributed by atoms with Crippen LogP contribution in [0.4, 0.5) is 5.82 Å². The Morgan fingerprint density at radius 2 is 2.03 bits per heavy atom. The minimum absolute atomic E-state index is 0.528. The maximum Gasteiger partial charge on any atom is 0.134 e. The van der Waals surface area contributed by atoms with Crippen molar-refractivity contribution in [3.8, 4) is 21.7 Å². The van der Waals surface area contributed by atoms with Gasteiger partial charge in [-0.05, 0) is 49.2 Å². The average Bonchev–Trinajstić information content (AvgIpc) is 3.55. The molecule has 0 amide bonds. The first kappa shape index (κ1) is 20.8. The summed E-state index contributed by atoms with van der Waals surface area (Å²) < 4.78 is 7.54. The summed E-state index contributed by atoms with van der Waals surface area (Å²) in [5.41, 5.74) is 7.16. The highest BCUT2D eigenvalue weighted by molar-refractivity contribution is 7.15. The molecule has 0 saturated carbocycles. The molecule has 7 nitrogen and oxygen atoms in total. The van der Waals surface area contributed by atoms with Crippen molar-refractivity contribution in [2.24, 2.45) is 7.05 Å². The van der Waals surface area contributed by atoms with Gasteiger partial charge in [-0.3, -0.25) is 4.68 Å². The number of aromatic nitrogens is 4. The molecule has 3 aromatic heterocycles. The molecule has 1 saturated heterocycles. The molecule has 0 bridgehead atoms. The van der Waals surface area contributed by atoms with E-state index in [0.29, 0.717) is 5.92 Å². The first-order chi connectivity index (χ1) is 16.2. The molecule has 1 aromatic carbocycles. The number of thiazole rings is 1. The lowest BCUT2D eigenvalue weighted by Crippen LogP contribution is -2.16. The monoisotopic (exact) mass is 460 g/mol. The predicted molar refractivity (Wildman–Crippen MR) is 133 cm³/mol. The largest absolute Gasteiger partial charge is 0.381 e. The zero-order chi connectivity index (χ0) is 22.5. The van der Waals surface area contributed by atoms with E-state index in [1.54, 1.807) is 0 Å². The molecule has 0 aliphatic carbocycles. The van der Waals surface area contributed by atoms with Crippen molar-refractivity contribution in [1.82, 2.24) is 25.1 Å². The number of anilines is 1. The van der Waals surface area contributed by atoms with Crippen LogP contribution in [-0.2, 0) is 24.9 Å². The highest BCUT2D eigenvalue weighted by Gasteiger charge is 2.26. The molecule has 2 aliphatic heterocycles. The third-order valence-corrected chi connectivity index (χ3v) is 8.31. The number of rotatable bonds is 5.